The zero-order chi connectivity index (χ0) is 20.4. The van der Waals surface area contributed by atoms with E-state index in [-0.39, 0.29) is 11.8 Å². The average Bonchev–Trinajstić information content (AvgIpc) is 3.34. The normalized spacial score (nSPS) is 15.6. The number of anilines is 1. The molecule has 0 saturated carbocycles. The molecule has 0 aliphatic carbocycles. The van der Waals surface area contributed by atoms with E-state index in [0.717, 1.165) is 60.7 Å². The number of hydrogen-bond donors (Lipinski definition) is 1. The van der Waals surface area contributed by atoms with E-state index in [0.29, 0.717) is 5.15 Å². The average molecular weight is 430 g/mol. The zero-order valence-corrected chi connectivity index (χ0v) is 18.1. The van der Waals surface area contributed by atoms with Gasteiger partial charge in [-0.05, 0) is 45.0 Å². The van der Waals surface area contributed by atoms with Crippen LogP contribution in [0.2, 0.25) is 5.15 Å². The highest BCUT2D eigenvalue weighted by atomic mass is 35.5. The molecule has 0 bridgehead atoms. The summed E-state index contributed by atoms with van der Waals surface area (Å²) in [5.41, 5.74) is 6.63. The molecule has 6 nitrogen and oxygen atoms in total. The standard InChI is InChI=1S/C21H24ClN5OS/c1-14-18(20(22)26(2)25-14)11-27-8-6-15(7-9-27)21(28)24-17-5-3-4-16(10-17)19-12-29-13-23-19/h3-5,10,12-13,15H,6-9,11H2,1-2H3,(H,24,28). The molecular formula is C21H24ClN5OS. The fourth-order valence-corrected chi connectivity index (χ4v) is 4.58. The van der Waals surface area contributed by atoms with Crippen LogP contribution in [0.5, 0.6) is 0 Å². The topological polar surface area (TPSA) is 63.1 Å². The van der Waals surface area contributed by atoms with E-state index >= 15 is 0 Å². The number of likely N-dealkylation sites (tertiary alicyclic amines) is 1. The molecule has 0 unspecified atom stereocenters. The molecule has 152 valence electrons. The van der Waals surface area contributed by atoms with Gasteiger partial charge in [0.25, 0.3) is 0 Å². The summed E-state index contributed by atoms with van der Waals surface area (Å²) in [4.78, 5) is 19.5. The molecule has 0 radical (unpaired) electrons. The lowest BCUT2D eigenvalue weighted by molar-refractivity contribution is -0.121. The van der Waals surface area contributed by atoms with E-state index in [9.17, 15) is 4.79 Å². The minimum Gasteiger partial charge on any atom is -0.326 e. The predicted octanol–water partition coefficient (Wildman–Crippen LogP) is 4.36. The molecule has 3 aromatic rings. The van der Waals surface area contributed by atoms with Crippen LogP contribution in [0.1, 0.15) is 24.1 Å². The lowest BCUT2D eigenvalue weighted by Crippen LogP contribution is -2.37. The number of aromatic nitrogens is 3. The van der Waals surface area contributed by atoms with Gasteiger partial charge in [0, 0.05) is 41.7 Å². The second kappa shape index (κ2) is 8.65. The van der Waals surface area contributed by atoms with Crippen LogP contribution in [0.3, 0.4) is 0 Å². The number of aryl methyl sites for hydroxylation is 2. The Morgan fingerprint density at radius 1 is 1.34 bits per heavy atom. The first-order chi connectivity index (χ1) is 14.0. The fourth-order valence-electron chi connectivity index (χ4n) is 3.79. The number of nitrogens with zero attached hydrogens (tertiary/aromatic N) is 4. The Hall–Kier alpha value is -2.22. The van der Waals surface area contributed by atoms with Crippen LogP contribution >= 0.6 is 22.9 Å². The summed E-state index contributed by atoms with van der Waals surface area (Å²) < 4.78 is 1.71. The van der Waals surface area contributed by atoms with Gasteiger partial charge in [-0.1, -0.05) is 23.7 Å². The minimum atomic E-state index is 0.0274. The SMILES string of the molecule is Cc1nn(C)c(Cl)c1CN1CCC(C(=O)Nc2cccc(-c3cscn3)c2)CC1. The molecule has 1 aromatic carbocycles. The fraction of sp³-hybridized carbons (Fsp3) is 0.381. The van der Waals surface area contributed by atoms with Crippen molar-refractivity contribution in [3.63, 3.8) is 0 Å². The summed E-state index contributed by atoms with van der Waals surface area (Å²) in [6.07, 6.45) is 1.68. The second-order valence-electron chi connectivity index (χ2n) is 7.47. The third-order valence-corrected chi connectivity index (χ3v) is 6.53. The van der Waals surface area contributed by atoms with E-state index in [1.807, 2.05) is 49.1 Å². The monoisotopic (exact) mass is 429 g/mol. The van der Waals surface area contributed by atoms with Crippen molar-refractivity contribution in [1.82, 2.24) is 19.7 Å². The van der Waals surface area contributed by atoms with Gasteiger partial charge in [0.05, 0.1) is 16.9 Å². The predicted molar refractivity (Wildman–Crippen MR) is 117 cm³/mol. The number of carbonyl (C=O) groups excluding carboxylic acids is 1. The van der Waals surface area contributed by atoms with Gasteiger partial charge >= 0.3 is 0 Å². The summed E-state index contributed by atoms with van der Waals surface area (Å²) in [6.45, 7) is 4.52. The first-order valence-electron chi connectivity index (χ1n) is 9.71. The Balaban J connectivity index is 1.33. The minimum absolute atomic E-state index is 0.0274. The molecule has 1 amide bonds. The van der Waals surface area contributed by atoms with E-state index in [1.54, 1.807) is 16.0 Å². The van der Waals surface area contributed by atoms with Crippen LogP contribution in [0.4, 0.5) is 5.69 Å². The molecule has 1 N–H and O–H groups in total. The number of amides is 1. The quantitative estimate of drug-likeness (QED) is 0.654. The van der Waals surface area contributed by atoms with Gasteiger partial charge in [-0.25, -0.2) is 4.98 Å². The van der Waals surface area contributed by atoms with E-state index in [2.05, 4.69) is 20.3 Å². The van der Waals surface area contributed by atoms with E-state index in [4.69, 9.17) is 11.6 Å². The highest BCUT2D eigenvalue weighted by Gasteiger charge is 2.26. The Bertz CT molecular complexity index is 993. The van der Waals surface area contributed by atoms with Gasteiger partial charge in [0.2, 0.25) is 5.91 Å². The summed E-state index contributed by atoms with van der Waals surface area (Å²) in [5.74, 6) is 0.121. The Labute approximate surface area is 179 Å². The van der Waals surface area contributed by atoms with Gasteiger partial charge in [-0.2, -0.15) is 5.10 Å². The lowest BCUT2D eigenvalue weighted by Gasteiger charge is -2.31. The third kappa shape index (κ3) is 4.52. The van der Waals surface area contributed by atoms with Gasteiger partial charge in [0.15, 0.2) is 0 Å². The molecule has 0 atom stereocenters. The Morgan fingerprint density at radius 2 is 2.14 bits per heavy atom. The molecule has 8 heteroatoms. The van der Waals surface area contributed by atoms with Crippen molar-refractivity contribution >= 4 is 34.5 Å². The van der Waals surface area contributed by atoms with E-state index < -0.39 is 0 Å². The smallest absolute Gasteiger partial charge is 0.227 e. The first-order valence-corrected chi connectivity index (χ1v) is 11.0. The van der Waals surface area contributed by atoms with Crippen LogP contribution in [-0.2, 0) is 18.4 Å². The summed E-state index contributed by atoms with van der Waals surface area (Å²) in [5, 5.41) is 10.2. The molecule has 4 rings (SSSR count). The summed E-state index contributed by atoms with van der Waals surface area (Å²) >= 11 is 7.92. The number of thiazole rings is 1. The van der Waals surface area contributed by atoms with Crippen molar-refractivity contribution < 1.29 is 4.79 Å². The van der Waals surface area contributed by atoms with Crippen molar-refractivity contribution in [2.45, 2.75) is 26.3 Å². The number of piperidine rings is 1. The van der Waals surface area contributed by atoms with Crippen molar-refractivity contribution in [3.8, 4) is 11.3 Å². The van der Waals surface area contributed by atoms with Crippen molar-refractivity contribution in [1.29, 1.82) is 0 Å². The van der Waals surface area contributed by atoms with Crippen LogP contribution < -0.4 is 5.32 Å². The molecule has 1 fully saturated rings. The van der Waals surface area contributed by atoms with Crippen molar-refractivity contribution in [2.24, 2.45) is 13.0 Å². The van der Waals surface area contributed by atoms with Crippen LogP contribution in [0, 0.1) is 12.8 Å². The molecule has 0 spiro atoms. The summed E-state index contributed by atoms with van der Waals surface area (Å²) in [6, 6.07) is 7.87. The highest BCUT2D eigenvalue weighted by molar-refractivity contribution is 7.07. The zero-order valence-electron chi connectivity index (χ0n) is 16.6. The number of hydrogen-bond acceptors (Lipinski definition) is 5. The molecule has 1 saturated heterocycles. The third-order valence-electron chi connectivity index (χ3n) is 5.47. The summed E-state index contributed by atoms with van der Waals surface area (Å²) in [7, 11) is 1.86. The maximum Gasteiger partial charge on any atom is 0.227 e. The van der Waals surface area contributed by atoms with Crippen molar-refractivity contribution in [3.05, 3.63) is 51.6 Å². The molecule has 2 aromatic heterocycles. The maximum atomic E-state index is 12.8. The van der Waals surface area contributed by atoms with Crippen LogP contribution in [0.15, 0.2) is 35.2 Å². The molecule has 3 heterocycles. The van der Waals surface area contributed by atoms with Crippen LogP contribution in [-0.4, -0.2) is 38.7 Å². The number of halogens is 1. The molecular weight excluding hydrogens is 406 g/mol. The van der Waals surface area contributed by atoms with Crippen LogP contribution in [0.25, 0.3) is 11.3 Å². The number of nitrogens with one attached hydrogen (secondary N) is 1. The number of benzene rings is 1. The molecule has 1 aliphatic heterocycles. The van der Waals surface area contributed by atoms with Gasteiger partial charge in [-0.3, -0.25) is 14.4 Å². The largest absolute Gasteiger partial charge is 0.326 e. The molecule has 1 aliphatic rings. The molecule has 29 heavy (non-hydrogen) atoms. The van der Waals surface area contributed by atoms with Gasteiger partial charge in [0.1, 0.15) is 5.15 Å². The number of carbonyl (C=O) groups is 1. The number of rotatable bonds is 5. The van der Waals surface area contributed by atoms with Crippen molar-refractivity contribution in [2.75, 3.05) is 18.4 Å². The Morgan fingerprint density at radius 3 is 2.79 bits per heavy atom. The van der Waals surface area contributed by atoms with E-state index in [1.165, 1.54) is 0 Å². The second-order valence-corrected chi connectivity index (χ2v) is 8.55. The maximum absolute atomic E-state index is 12.8. The lowest BCUT2D eigenvalue weighted by atomic mass is 9.95. The highest BCUT2D eigenvalue weighted by Crippen LogP contribution is 2.26. The first kappa shape index (κ1) is 20.1. The van der Waals surface area contributed by atoms with Gasteiger partial charge < -0.3 is 5.32 Å². The van der Waals surface area contributed by atoms with Gasteiger partial charge in [-0.15, -0.1) is 11.3 Å². The Kier molecular flexibility index (Phi) is 5.99.